The van der Waals surface area contributed by atoms with Crippen LogP contribution >= 0.6 is 23.4 Å². The first-order chi connectivity index (χ1) is 9.96. The molecule has 116 valence electrons. The Morgan fingerprint density at radius 1 is 1.33 bits per heavy atom. The number of thioether (sulfide) groups is 1. The van der Waals surface area contributed by atoms with Crippen LogP contribution in [0.1, 0.15) is 50.4 Å². The standard InChI is InChI=1S/C17H25ClN2S/c1-6-17(7-2,21-5)11-20-15-9-8-12(3)10-14(15)19-16(20)13(4)18/h8-10,13H,6-7,11H2,1-5H3. The fourth-order valence-electron chi connectivity index (χ4n) is 2.84. The number of alkyl halides is 1. The monoisotopic (exact) mass is 324 g/mol. The summed E-state index contributed by atoms with van der Waals surface area (Å²) in [6.07, 6.45) is 4.50. The fourth-order valence-corrected chi connectivity index (χ4v) is 3.85. The molecule has 0 radical (unpaired) electrons. The van der Waals surface area contributed by atoms with Crippen LogP contribution in [0.2, 0.25) is 0 Å². The van der Waals surface area contributed by atoms with Gasteiger partial charge in [-0.25, -0.2) is 4.98 Å². The Kier molecular flexibility index (Phi) is 5.26. The van der Waals surface area contributed by atoms with Gasteiger partial charge in [-0.3, -0.25) is 0 Å². The van der Waals surface area contributed by atoms with Gasteiger partial charge in [0.25, 0.3) is 0 Å². The van der Waals surface area contributed by atoms with E-state index in [2.05, 4.69) is 49.8 Å². The minimum atomic E-state index is -0.0778. The lowest BCUT2D eigenvalue weighted by atomic mass is 10.0. The predicted molar refractivity (Wildman–Crippen MR) is 95.6 cm³/mol. The lowest BCUT2D eigenvalue weighted by molar-refractivity contribution is 0.463. The summed E-state index contributed by atoms with van der Waals surface area (Å²) < 4.78 is 2.58. The summed E-state index contributed by atoms with van der Waals surface area (Å²) in [5, 5.41) is -0.0778. The molecule has 0 saturated heterocycles. The van der Waals surface area contributed by atoms with E-state index in [4.69, 9.17) is 16.6 Å². The summed E-state index contributed by atoms with van der Waals surface area (Å²) in [7, 11) is 0. The third-order valence-electron chi connectivity index (χ3n) is 4.46. The van der Waals surface area contributed by atoms with Gasteiger partial charge in [-0.2, -0.15) is 11.8 Å². The molecular weight excluding hydrogens is 300 g/mol. The van der Waals surface area contributed by atoms with Crippen molar-refractivity contribution in [3.63, 3.8) is 0 Å². The second kappa shape index (κ2) is 6.62. The van der Waals surface area contributed by atoms with Crippen molar-refractivity contribution >= 4 is 34.4 Å². The molecule has 1 aromatic carbocycles. The second-order valence-corrected chi connectivity index (χ2v) is 7.69. The fraction of sp³-hybridized carbons (Fsp3) is 0.588. The van der Waals surface area contributed by atoms with Crippen molar-refractivity contribution < 1.29 is 0 Å². The van der Waals surface area contributed by atoms with Crippen LogP contribution in [0.15, 0.2) is 18.2 Å². The Morgan fingerprint density at radius 3 is 2.52 bits per heavy atom. The zero-order valence-electron chi connectivity index (χ0n) is 13.6. The molecule has 1 unspecified atom stereocenters. The number of fused-ring (bicyclic) bond motifs is 1. The smallest absolute Gasteiger partial charge is 0.127 e. The maximum absolute atomic E-state index is 6.39. The van der Waals surface area contributed by atoms with Crippen molar-refractivity contribution in [2.75, 3.05) is 6.26 Å². The zero-order valence-corrected chi connectivity index (χ0v) is 15.2. The van der Waals surface area contributed by atoms with Crippen LogP contribution in [-0.4, -0.2) is 20.6 Å². The van der Waals surface area contributed by atoms with Gasteiger partial charge in [-0.05, 0) is 50.6 Å². The minimum absolute atomic E-state index is 0.0778. The second-order valence-electron chi connectivity index (χ2n) is 5.76. The van der Waals surface area contributed by atoms with Crippen molar-refractivity contribution in [3.8, 4) is 0 Å². The summed E-state index contributed by atoms with van der Waals surface area (Å²) in [5.74, 6) is 0.984. The first-order valence-corrected chi connectivity index (χ1v) is 9.28. The summed E-state index contributed by atoms with van der Waals surface area (Å²) >= 11 is 8.34. The maximum atomic E-state index is 6.39. The van der Waals surface area contributed by atoms with Crippen LogP contribution in [0.25, 0.3) is 11.0 Å². The molecule has 4 heteroatoms. The first kappa shape index (κ1) is 16.7. The third kappa shape index (κ3) is 3.24. The third-order valence-corrected chi connectivity index (χ3v) is 6.22. The van der Waals surface area contributed by atoms with Crippen molar-refractivity contribution in [2.24, 2.45) is 0 Å². The Bertz CT molecular complexity index is 606. The van der Waals surface area contributed by atoms with Crippen LogP contribution in [0.4, 0.5) is 0 Å². The lowest BCUT2D eigenvalue weighted by Gasteiger charge is -2.31. The van der Waals surface area contributed by atoms with E-state index in [-0.39, 0.29) is 10.1 Å². The predicted octanol–water partition coefficient (Wildman–Crippen LogP) is 5.57. The highest BCUT2D eigenvalue weighted by atomic mass is 35.5. The average Bonchev–Trinajstić information content (AvgIpc) is 2.82. The van der Waals surface area contributed by atoms with E-state index in [1.807, 2.05) is 18.7 Å². The van der Waals surface area contributed by atoms with E-state index in [1.54, 1.807) is 0 Å². The molecule has 0 aliphatic carbocycles. The van der Waals surface area contributed by atoms with E-state index in [1.165, 1.54) is 11.1 Å². The highest BCUT2D eigenvalue weighted by Gasteiger charge is 2.28. The molecule has 0 spiro atoms. The number of hydrogen-bond acceptors (Lipinski definition) is 2. The molecule has 0 fully saturated rings. The quantitative estimate of drug-likeness (QED) is 0.647. The molecular formula is C17H25ClN2S. The minimum Gasteiger partial charge on any atom is -0.325 e. The van der Waals surface area contributed by atoms with E-state index in [0.29, 0.717) is 0 Å². The Morgan fingerprint density at radius 2 is 2.00 bits per heavy atom. The summed E-state index contributed by atoms with van der Waals surface area (Å²) in [6.45, 7) is 9.62. The van der Waals surface area contributed by atoms with Gasteiger partial charge in [0.2, 0.25) is 0 Å². The molecule has 2 rings (SSSR count). The maximum Gasteiger partial charge on any atom is 0.127 e. The van der Waals surface area contributed by atoms with Crippen LogP contribution in [0.3, 0.4) is 0 Å². The SMILES string of the molecule is CCC(CC)(Cn1c(C(C)Cl)nc2cc(C)ccc21)SC. The first-order valence-electron chi connectivity index (χ1n) is 7.62. The molecule has 1 aromatic heterocycles. The molecule has 0 aliphatic heterocycles. The van der Waals surface area contributed by atoms with Crippen molar-refractivity contribution in [2.45, 2.75) is 57.2 Å². The average molecular weight is 325 g/mol. The number of aryl methyl sites for hydroxylation is 1. The van der Waals surface area contributed by atoms with E-state index >= 15 is 0 Å². The molecule has 2 nitrogen and oxygen atoms in total. The largest absolute Gasteiger partial charge is 0.325 e. The van der Waals surface area contributed by atoms with Crippen LogP contribution in [0.5, 0.6) is 0 Å². The highest BCUT2D eigenvalue weighted by molar-refractivity contribution is 8.00. The molecule has 2 aromatic rings. The molecule has 0 amide bonds. The molecule has 0 N–H and O–H groups in total. The lowest BCUT2D eigenvalue weighted by Crippen LogP contribution is -2.29. The van der Waals surface area contributed by atoms with Crippen molar-refractivity contribution in [1.82, 2.24) is 9.55 Å². The van der Waals surface area contributed by atoms with Crippen molar-refractivity contribution in [3.05, 3.63) is 29.6 Å². The number of benzene rings is 1. The van der Waals surface area contributed by atoms with Gasteiger partial charge in [0.15, 0.2) is 0 Å². The van der Waals surface area contributed by atoms with Gasteiger partial charge in [-0.1, -0.05) is 19.9 Å². The van der Waals surface area contributed by atoms with E-state index in [0.717, 1.165) is 30.7 Å². The number of rotatable bonds is 6. The molecule has 0 saturated carbocycles. The number of hydrogen-bond donors (Lipinski definition) is 0. The summed E-state index contributed by atoms with van der Waals surface area (Å²) in [4.78, 5) is 4.78. The van der Waals surface area contributed by atoms with Gasteiger partial charge >= 0.3 is 0 Å². The van der Waals surface area contributed by atoms with Crippen LogP contribution in [-0.2, 0) is 6.54 Å². The molecule has 1 heterocycles. The van der Waals surface area contributed by atoms with Gasteiger partial charge in [0.1, 0.15) is 5.82 Å². The molecule has 21 heavy (non-hydrogen) atoms. The Balaban J connectivity index is 2.57. The van der Waals surface area contributed by atoms with E-state index < -0.39 is 0 Å². The number of nitrogens with zero attached hydrogens (tertiary/aromatic N) is 2. The molecule has 0 aliphatic rings. The van der Waals surface area contributed by atoms with Crippen LogP contribution in [0, 0.1) is 6.92 Å². The van der Waals surface area contributed by atoms with Gasteiger partial charge in [-0.15, -0.1) is 11.6 Å². The number of aromatic nitrogens is 2. The highest BCUT2D eigenvalue weighted by Crippen LogP contribution is 2.35. The Hall–Kier alpha value is -0.670. The van der Waals surface area contributed by atoms with Crippen molar-refractivity contribution in [1.29, 1.82) is 0 Å². The van der Waals surface area contributed by atoms with E-state index in [9.17, 15) is 0 Å². The van der Waals surface area contributed by atoms with Gasteiger partial charge < -0.3 is 4.57 Å². The topological polar surface area (TPSA) is 17.8 Å². The molecule has 0 bridgehead atoms. The van der Waals surface area contributed by atoms with Gasteiger partial charge in [0.05, 0.1) is 16.4 Å². The van der Waals surface area contributed by atoms with Gasteiger partial charge in [0, 0.05) is 11.3 Å². The zero-order chi connectivity index (χ0) is 15.6. The normalized spacial score (nSPS) is 13.8. The number of halogens is 1. The Labute approximate surface area is 137 Å². The van der Waals surface area contributed by atoms with Crippen LogP contribution < -0.4 is 0 Å². The summed E-state index contributed by atoms with van der Waals surface area (Å²) in [5.41, 5.74) is 3.49. The molecule has 1 atom stereocenters. The number of imidazole rings is 1. The summed E-state index contributed by atoms with van der Waals surface area (Å²) in [6, 6.07) is 6.48.